The van der Waals surface area contributed by atoms with Crippen molar-refractivity contribution in [2.75, 3.05) is 10.6 Å². The monoisotopic (exact) mass is 272 g/mol. The lowest BCUT2D eigenvalue weighted by atomic mass is 9.82. The average molecular weight is 272 g/mol. The zero-order valence-corrected chi connectivity index (χ0v) is 12.2. The Hall–Kier alpha value is -1.51. The first-order valence-electron chi connectivity index (χ1n) is 7.85. The third-order valence-electron chi connectivity index (χ3n) is 4.56. The highest BCUT2D eigenvalue weighted by molar-refractivity contribution is 5.89. The first-order valence-corrected chi connectivity index (χ1v) is 7.85. The van der Waals surface area contributed by atoms with E-state index in [2.05, 4.69) is 16.7 Å². The molecule has 2 atom stereocenters. The van der Waals surface area contributed by atoms with Crippen LogP contribution >= 0.6 is 0 Å². The molecule has 0 aromatic heterocycles. The van der Waals surface area contributed by atoms with Crippen LogP contribution in [-0.2, 0) is 4.79 Å². The van der Waals surface area contributed by atoms with E-state index >= 15 is 0 Å². The molecule has 1 aromatic carbocycles. The molecule has 0 bridgehead atoms. The van der Waals surface area contributed by atoms with E-state index in [9.17, 15) is 4.79 Å². The summed E-state index contributed by atoms with van der Waals surface area (Å²) >= 11 is 0. The normalized spacial score (nSPS) is 26.1. The van der Waals surface area contributed by atoms with Crippen LogP contribution in [0.4, 0.5) is 11.4 Å². The molecule has 1 amide bonds. The van der Waals surface area contributed by atoms with Gasteiger partial charge in [0.1, 0.15) is 0 Å². The molecule has 3 rings (SSSR count). The SMILES string of the molecule is CC(=O)Nc1cccc(NC2CCCC(C3CC3)C2)c1. The van der Waals surface area contributed by atoms with Crippen molar-refractivity contribution >= 4 is 17.3 Å². The molecule has 0 aliphatic heterocycles. The molecule has 2 N–H and O–H groups in total. The number of hydrogen-bond donors (Lipinski definition) is 2. The molecule has 20 heavy (non-hydrogen) atoms. The van der Waals surface area contributed by atoms with Crippen molar-refractivity contribution in [2.45, 2.75) is 51.5 Å². The molecule has 0 saturated heterocycles. The first-order chi connectivity index (χ1) is 9.70. The number of rotatable bonds is 4. The van der Waals surface area contributed by atoms with E-state index in [0.29, 0.717) is 6.04 Å². The molecule has 0 radical (unpaired) electrons. The van der Waals surface area contributed by atoms with Gasteiger partial charge < -0.3 is 10.6 Å². The molecule has 2 aliphatic carbocycles. The molecule has 2 fully saturated rings. The second-order valence-corrected chi connectivity index (χ2v) is 6.37. The van der Waals surface area contributed by atoms with Gasteiger partial charge in [0, 0.05) is 24.3 Å². The quantitative estimate of drug-likeness (QED) is 0.869. The summed E-state index contributed by atoms with van der Waals surface area (Å²) in [5.74, 6) is 1.94. The fourth-order valence-corrected chi connectivity index (χ4v) is 3.48. The molecule has 0 heterocycles. The molecular formula is C17H24N2O. The van der Waals surface area contributed by atoms with Crippen LogP contribution in [0.15, 0.2) is 24.3 Å². The number of carbonyl (C=O) groups is 1. The van der Waals surface area contributed by atoms with Crippen molar-refractivity contribution in [3.05, 3.63) is 24.3 Å². The Morgan fingerprint density at radius 3 is 2.65 bits per heavy atom. The minimum atomic E-state index is -0.0198. The molecule has 2 unspecified atom stereocenters. The summed E-state index contributed by atoms with van der Waals surface area (Å²) in [5, 5.41) is 6.50. The minimum Gasteiger partial charge on any atom is -0.382 e. The van der Waals surface area contributed by atoms with Crippen molar-refractivity contribution in [3.63, 3.8) is 0 Å². The molecule has 0 spiro atoms. The van der Waals surface area contributed by atoms with Gasteiger partial charge >= 0.3 is 0 Å². The van der Waals surface area contributed by atoms with Gasteiger partial charge in [0.05, 0.1) is 0 Å². The van der Waals surface area contributed by atoms with Crippen LogP contribution in [0, 0.1) is 11.8 Å². The van der Waals surface area contributed by atoms with Crippen molar-refractivity contribution in [2.24, 2.45) is 11.8 Å². The van der Waals surface area contributed by atoms with Gasteiger partial charge in [-0.3, -0.25) is 4.79 Å². The highest BCUT2D eigenvalue weighted by Crippen LogP contribution is 2.44. The summed E-state index contributed by atoms with van der Waals surface area (Å²) in [6, 6.07) is 8.64. The Morgan fingerprint density at radius 2 is 1.90 bits per heavy atom. The van der Waals surface area contributed by atoms with Crippen molar-refractivity contribution < 1.29 is 4.79 Å². The van der Waals surface area contributed by atoms with E-state index in [-0.39, 0.29) is 5.91 Å². The van der Waals surface area contributed by atoms with Crippen LogP contribution in [0.3, 0.4) is 0 Å². The van der Waals surface area contributed by atoms with E-state index in [1.165, 1.54) is 38.5 Å². The largest absolute Gasteiger partial charge is 0.382 e. The zero-order valence-electron chi connectivity index (χ0n) is 12.2. The van der Waals surface area contributed by atoms with E-state index in [1.807, 2.05) is 18.2 Å². The molecule has 2 saturated carbocycles. The topological polar surface area (TPSA) is 41.1 Å². The van der Waals surface area contributed by atoms with Crippen LogP contribution in [0.25, 0.3) is 0 Å². The van der Waals surface area contributed by atoms with E-state index in [1.54, 1.807) is 6.92 Å². The summed E-state index contributed by atoms with van der Waals surface area (Å²) in [5.41, 5.74) is 2.00. The molecule has 3 nitrogen and oxygen atoms in total. The highest BCUT2D eigenvalue weighted by atomic mass is 16.1. The molecule has 3 heteroatoms. The Kier molecular flexibility index (Phi) is 3.95. The maximum absolute atomic E-state index is 11.1. The number of carbonyl (C=O) groups excluding carboxylic acids is 1. The maximum atomic E-state index is 11.1. The lowest BCUT2D eigenvalue weighted by Crippen LogP contribution is -2.28. The summed E-state index contributed by atoms with van der Waals surface area (Å²) in [6.07, 6.45) is 8.27. The van der Waals surface area contributed by atoms with Gasteiger partial charge in [0.25, 0.3) is 0 Å². The number of amides is 1. The predicted molar refractivity (Wildman–Crippen MR) is 82.8 cm³/mol. The third-order valence-corrected chi connectivity index (χ3v) is 4.56. The fraction of sp³-hybridized carbons (Fsp3) is 0.588. The Labute approximate surface area is 121 Å². The summed E-state index contributed by atoms with van der Waals surface area (Å²) < 4.78 is 0. The second kappa shape index (κ2) is 5.86. The second-order valence-electron chi connectivity index (χ2n) is 6.37. The summed E-state index contributed by atoms with van der Waals surface area (Å²) in [6.45, 7) is 1.54. The molecule has 1 aromatic rings. The Morgan fingerprint density at radius 1 is 1.10 bits per heavy atom. The Balaban J connectivity index is 1.60. The van der Waals surface area contributed by atoms with Crippen LogP contribution < -0.4 is 10.6 Å². The van der Waals surface area contributed by atoms with E-state index < -0.39 is 0 Å². The van der Waals surface area contributed by atoms with Gasteiger partial charge in [-0.1, -0.05) is 18.9 Å². The zero-order chi connectivity index (χ0) is 13.9. The number of anilines is 2. The first kappa shape index (κ1) is 13.5. The highest BCUT2D eigenvalue weighted by Gasteiger charge is 2.34. The molecule has 108 valence electrons. The predicted octanol–water partition coefficient (Wildman–Crippen LogP) is 4.03. The number of nitrogens with one attached hydrogen (secondary N) is 2. The van der Waals surface area contributed by atoms with Gasteiger partial charge in [0.2, 0.25) is 5.91 Å². The standard InChI is InChI=1S/C17H24N2O/c1-12(20)18-16-6-3-7-17(11-16)19-15-5-2-4-14(10-15)13-8-9-13/h3,6-7,11,13-15,19H,2,4-5,8-10H2,1H3,(H,18,20). The smallest absolute Gasteiger partial charge is 0.221 e. The number of benzene rings is 1. The lowest BCUT2D eigenvalue weighted by molar-refractivity contribution is -0.114. The van der Waals surface area contributed by atoms with E-state index in [4.69, 9.17) is 0 Å². The number of hydrogen-bond acceptors (Lipinski definition) is 2. The Bertz CT molecular complexity index is 482. The van der Waals surface area contributed by atoms with E-state index in [0.717, 1.165) is 23.2 Å². The molecule has 2 aliphatic rings. The van der Waals surface area contributed by atoms with Crippen molar-refractivity contribution in [1.82, 2.24) is 0 Å². The van der Waals surface area contributed by atoms with Gasteiger partial charge in [-0.05, 0) is 55.7 Å². The lowest BCUT2D eigenvalue weighted by Gasteiger charge is -2.30. The van der Waals surface area contributed by atoms with Gasteiger partial charge in [-0.15, -0.1) is 0 Å². The van der Waals surface area contributed by atoms with Gasteiger partial charge in [-0.2, -0.15) is 0 Å². The van der Waals surface area contributed by atoms with Gasteiger partial charge in [-0.25, -0.2) is 0 Å². The third kappa shape index (κ3) is 3.53. The van der Waals surface area contributed by atoms with Crippen molar-refractivity contribution in [3.8, 4) is 0 Å². The van der Waals surface area contributed by atoms with Crippen LogP contribution in [-0.4, -0.2) is 11.9 Å². The fourth-order valence-electron chi connectivity index (χ4n) is 3.48. The minimum absolute atomic E-state index is 0.0198. The molecular weight excluding hydrogens is 248 g/mol. The van der Waals surface area contributed by atoms with Crippen LogP contribution in [0.1, 0.15) is 45.4 Å². The van der Waals surface area contributed by atoms with Crippen molar-refractivity contribution in [1.29, 1.82) is 0 Å². The maximum Gasteiger partial charge on any atom is 0.221 e. The van der Waals surface area contributed by atoms with Crippen LogP contribution in [0.2, 0.25) is 0 Å². The average Bonchev–Trinajstić information content (AvgIpc) is 3.23. The van der Waals surface area contributed by atoms with Crippen LogP contribution in [0.5, 0.6) is 0 Å². The van der Waals surface area contributed by atoms with Gasteiger partial charge in [0.15, 0.2) is 0 Å². The summed E-state index contributed by atoms with van der Waals surface area (Å²) in [7, 11) is 0. The summed E-state index contributed by atoms with van der Waals surface area (Å²) in [4.78, 5) is 11.1.